The van der Waals surface area contributed by atoms with Gasteiger partial charge in [-0.2, -0.15) is 0 Å². The van der Waals surface area contributed by atoms with Gasteiger partial charge in [0.15, 0.2) is 0 Å². The number of carbonyl (C=O) groups excluding carboxylic acids is 1. The van der Waals surface area contributed by atoms with Crippen molar-refractivity contribution in [2.45, 2.75) is 23.8 Å². The number of aryl methyl sites for hydroxylation is 1. The van der Waals surface area contributed by atoms with Crippen molar-refractivity contribution in [3.05, 3.63) is 23.8 Å². The number of amides is 1. The molecule has 0 aromatic heterocycles. The van der Waals surface area contributed by atoms with Crippen molar-refractivity contribution < 1.29 is 4.79 Å². The van der Waals surface area contributed by atoms with Crippen LogP contribution in [0.2, 0.25) is 0 Å². The molecule has 1 atom stereocenters. The Kier molecular flexibility index (Phi) is 2.98. The Morgan fingerprint density at radius 2 is 2.33 bits per heavy atom. The molecule has 1 aliphatic rings. The Balaban J connectivity index is 2.34. The molecule has 3 nitrogen and oxygen atoms in total. The topological polar surface area (TPSA) is 55.1 Å². The number of carbonyl (C=O) groups is 1. The predicted molar refractivity (Wildman–Crippen MR) is 63.1 cm³/mol. The summed E-state index contributed by atoms with van der Waals surface area (Å²) in [6.07, 6.45) is 3.63. The van der Waals surface area contributed by atoms with E-state index in [-0.39, 0.29) is 11.9 Å². The predicted octanol–water partition coefficient (Wildman–Crippen LogP) is 1.62. The van der Waals surface area contributed by atoms with Crippen LogP contribution in [0.5, 0.6) is 0 Å². The van der Waals surface area contributed by atoms with Gasteiger partial charge in [-0.25, -0.2) is 0 Å². The highest BCUT2D eigenvalue weighted by atomic mass is 32.2. The third-order valence-corrected chi connectivity index (χ3v) is 3.36. The van der Waals surface area contributed by atoms with Crippen LogP contribution in [0.1, 0.15) is 12.0 Å². The van der Waals surface area contributed by atoms with E-state index in [1.165, 1.54) is 10.5 Å². The molecule has 0 spiro atoms. The highest BCUT2D eigenvalue weighted by Crippen LogP contribution is 2.26. The average Bonchev–Trinajstić information content (AvgIpc) is 2.39. The summed E-state index contributed by atoms with van der Waals surface area (Å²) in [5, 5.41) is 2.85. The van der Waals surface area contributed by atoms with Crippen molar-refractivity contribution in [2.24, 2.45) is 5.73 Å². The number of hydrogen-bond acceptors (Lipinski definition) is 3. The lowest BCUT2D eigenvalue weighted by molar-refractivity contribution is -0.117. The minimum atomic E-state index is -0.380. The fourth-order valence-electron chi connectivity index (χ4n) is 1.69. The molecule has 0 saturated heterocycles. The van der Waals surface area contributed by atoms with Gasteiger partial charge in [0.25, 0.3) is 0 Å². The molecule has 0 aliphatic carbocycles. The molecule has 0 radical (unpaired) electrons. The van der Waals surface area contributed by atoms with Gasteiger partial charge in [0.1, 0.15) is 0 Å². The molecule has 0 fully saturated rings. The third kappa shape index (κ3) is 2.16. The van der Waals surface area contributed by atoms with Gasteiger partial charge in [0.2, 0.25) is 5.91 Å². The Labute approximate surface area is 93.4 Å². The number of hydrogen-bond donors (Lipinski definition) is 2. The fraction of sp³-hybridized carbons (Fsp3) is 0.364. The third-order valence-electron chi connectivity index (χ3n) is 2.63. The fourth-order valence-corrected chi connectivity index (χ4v) is 2.16. The Morgan fingerprint density at radius 3 is 3.07 bits per heavy atom. The molecule has 1 amide bonds. The largest absolute Gasteiger partial charge is 0.324 e. The zero-order valence-corrected chi connectivity index (χ0v) is 9.43. The molecule has 1 heterocycles. The van der Waals surface area contributed by atoms with Gasteiger partial charge in [-0.1, -0.05) is 0 Å². The summed E-state index contributed by atoms with van der Waals surface area (Å²) in [4.78, 5) is 12.7. The average molecular weight is 222 g/mol. The SMILES string of the molecule is CSc1ccc2c(c1)CCC(N)C(=O)N2. The number of nitrogens with two attached hydrogens (primary N) is 1. The van der Waals surface area contributed by atoms with Crippen LogP contribution in [-0.2, 0) is 11.2 Å². The number of nitrogens with one attached hydrogen (secondary N) is 1. The normalized spacial score (nSPS) is 20.4. The van der Waals surface area contributed by atoms with Crippen molar-refractivity contribution >= 4 is 23.4 Å². The zero-order valence-electron chi connectivity index (χ0n) is 8.62. The minimum Gasteiger partial charge on any atom is -0.324 e. The van der Waals surface area contributed by atoms with E-state index in [0.717, 1.165) is 18.5 Å². The summed E-state index contributed by atoms with van der Waals surface area (Å²) >= 11 is 1.71. The van der Waals surface area contributed by atoms with Gasteiger partial charge in [-0.05, 0) is 42.9 Å². The van der Waals surface area contributed by atoms with Crippen LogP contribution in [-0.4, -0.2) is 18.2 Å². The summed E-state index contributed by atoms with van der Waals surface area (Å²) in [7, 11) is 0. The van der Waals surface area contributed by atoms with Crippen LogP contribution in [0.4, 0.5) is 5.69 Å². The Bertz CT molecular complexity index is 392. The van der Waals surface area contributed by atoms with E-state index < -0.39 is 0 Å². The molecule has 2 rings (SSSR count). The van der Waals surface area contributed by atoms with Crippen LogP contribution in [0.15, 0.2) is 23.1 Å². The number of fused-ring (bicyclic) bond motifs is 1. The summed E-state index contributed by atoms with van der Waals surface area (Å²) < 4.78 is 0. The van der Waals surface area contributed by atoms with E-state index in [2.05, 4.69) is 11.4 Å². The summed E-state index contributed by atoms with van der Waals surface area (Å²) in [6.45, 7) is 0. The minimum absolute atomic E-state index is 0.0781. The van der Waals surface area contributed by atoms with Gasteiger partial charge in [-0.15, -0.1) is 11.8 Å². The van der Waals surface area contributed by atoms with Gasteiger partial charge >= 0.3 is 0 Å². The molecule has 1 aliphatic heterocycles. The summed E-state index contributed by atoms with van der Waals surface area (Å²) in [6, 6.07) is 5.71. The number of benzene rings is 1. The van der Waals surface area contributed by atoms with E-state index in [4.69, 9.17) is 5.73 Å². The lowest BCUT2D eigenvalue weighted by Gasteiger charge is -2.08. The maximum Gasteiger partial charge on any atom is 0.241 e. The summed E-state index contributed by atoms with van der Waals surface area (Å²) in [5.41, 5.74) is 7.80. The molecule has 0 bridgehead atoms. The highest BCUT2D eigenvalue weighted by molar-refractivity contribution is 7.98. The number of thioether (sulfide) groups is 1. The van der Waals surface area contributed by atoms with E-state index in [9.17, 15) is 4.79 Å². The monoisotopic (exact) mass is 222 g/mol. The molecule has 0 saturated carbocycles. The second-order valence-electron chi connectivity index (χ2n) is 3.66. The quantitative estimate of drug-likeness (QED) is 0.710. The smallest absolute Gasteiger partial charge is 0.241 e. The van der Waals surface area contributed by atoms with E-state index in [1.807, 2.05) is 18.4 Å². The highest BCUT2D eigenvalue weighted by Gasteiger charge is 2.19. The van der Waals surface area contributed by atoms with Crippen molar-refractivity contribution in [3.63, 3.8) is 0 Å². The zero-order chi connectivity index (χ0) is 10.8. The Morgan fingerprint density at radius 1 is 1.53 bits per heavy atom. The molecule has 1 aromatic rings. The Hall–Kier alpha value is -1.00. The van der Waals surface area contributed by atoms with E-state index in [0.29, 0.717) is 0 Å². The molecule has 4 heteroatoms. The molecular weight excluding hydrogens is 208 g/mol. The summed E-state index contributed by atoms with van der Waals surface area (Å²) in [5.74, 6) is -0.0781. The van der Waals surface area contributed by atoms with Crippen molar-refractivity contribution in [3.8, 4) is 0 Å². The van der Waals surface area contributed by atoms with Crippen LogP contribution in [0.3, 0.4) is 0 Å². The lowest BCUT2D eigenvalue weighted by atomic mass is 10.1. The first kappa shape index (κ1) is 10.5. The van der Waals surface area contributed by atoms with Gasteiger partial charge in [-0.3, -0.25) is 4.79 Å². The van der Waals surface area contributed by atoms with Crippen LogP contribution < -0.4 is 11.1 Å². The molecule has 3 N–H and O–H groups in total. The van der Waals surface area contributed by atoms with Crippen molar-refractivity contribution in [2.75, 3.05) is 11.6 Å². The first-order valence-electron chi connectivity index (χ1n) is 4.94. The maximum atomic E-state index is 11.5. The van der Waals surface area contributed by atoms with Crippen molar-refractivity contribution in [1.29, 1.82) is 0 Å². The van der Waals surface area contributed by atoms with Crippen LogP contribution in [0, 0.1) is 0 Å². The van der Waals surface area contributed by atoms with Gasteiger partial charge in [0.05, 0.1) is 6.04 Å². The van der Waals surface area contributed by atoms with Gasteiger partial charge < -0.3 is 11.1 Å². The van der Waals surface area contributed by atoms with Gasteiger partial charge in [0, 0.05) is 10.6 Å². The first-order valence-corrected chi connectivity index (χ1v) is 6.16. The molecular formula is C11H14N2OS. The maximum absolute atomic E-state index is 11.5. The van der Waals surface area contributed by atoms with Crippen LogP contribution in [0.25, 0.3) is 0 Å². The number of rotatable bonds is 1. The first-order chi connectivity index (χ1) is 7.20. The molecule has 80 valence electrons. The number of anilines is 1. The van der Waals surface area contributed by atoms with E-state index >= 15 is 0 Å². The molecule has 1 unspecified atom stereocenters. The molecule has 1 aromatic carbocycles. The second kappa shape index (κ2) is 4.24. The lowest BCUT2D eigenvalue weighted by Crippen LogP contribution is -2.34. The molecule has 15 heavy (non-hydrogen) atoms. The van der Waals surface area contributed by atoms with Crippen molar-refractivity contribution in [1.82, 2.24) is 0 Å². The van der Waals surface area contributed by atoms with Crippen LogP contribution >= 0.6 is 11.8 Å². The second-order valence-corrected chi connectivity index (χ2v) is 4.54. The van der Waals surface area contributed by atoms with E-state index in [1.54, 1.807) is 11.8 Å². The standard InChI is InChI=1S/C11H14N2OS/c1-15-8-3-5-10-7(6-8)2-4-9(12)11(14)13-10/h3,5-6,9H,2,4,12H2,1H3,(H,13,14).